The summed E-state index contributed by atoms with van der Waals surface area (Å²) in [4.78, 5) is 6.62. The van der Waals surface area contributed by atoms with Gasteiger partial charge in [-0.2, -0.15) is 5.10 Å². The second kappa shape index (κ2) is 6.71. The number of hydrogen-bond acceptors (Lipinski definition) is 3. The van der Waals surface area contributed by atoms with Crippen LogP contribution in [0.5, 0.6) is 0 Å². The fourth-order valence-corrected chi connectivity index (χ4v) is 2.55. The number of aromatic amines is 1. The molecule has 4 nitrogen and oxygen atoms in total. The average molecular weight is 310 g/mol. The summed E-state index contributed by atoms with van der Waals surface area (Å²) in [6.45, 7) is 2.85. The number of halogens is 1. The molecule has 1 atom stereocenters. The molecule has 3 rings (SSSR count). The normalized spacial score (nSPS) is 12.5. The van der Waals surface area contributed by atoms with Crippen LogP contribution in [-0.4, -0.2) is 27.1 Å². The zero-order chi connectivity index (χ0) is 16.2. The Labute approximate surface area is 135 Å². The monoisotopic (exact) mass is 310 g/mol. The molecule has 0 saturated heterocycles. The summed E-state index contributed by atoms with van der Waals surface area (Å²) in [6.07, 6.45) is 3.63. The maximum atomic E-state index is 13.1. The number of H-pyrrole nitrogens is 1. The Balaban J connectivity index is 1.78. The molecule has 0 bridgehead atoms. The molecule has 2 aromatic heterocycles. The molecule has 0 spiro atoms. The van der Waals surface area contributed by atoms with Crippen molar-refractivity contribution < 1.29 is 4.39 Å². The molecule has 0 fully saturated rings. The van der Waals surface area contributed by atoms with Gasteiger partial charge in [0.05, 0.1) is 17.6 Å². The van der Waals surface area contributed by atoms with Gasteiger partial charge in [-0.15, -0.1) is 0 Å². The van der Waals surface area contributed by atoms with Crippen LogP contribution >= 0.6 is 0 Å². The third kappa shape index (κ3) is 3.46. The molecule has 118 valence electrons. The molecule has 23 heavy (non-hydrogen) atoms. The molecular formula is C18H19FN4. The van der Waals surface area contributed by atoms with Crippen molar-refractivity contribution in [1.29, 1.82) is 0 Å². The highest BCUT2D eigenvalue weighted by Crippen LogP contribution is 2.25. The lowest BCUT2D eigenvalue weighted by Gasteiger charge is -2.24. The molecular weight excluding hydrogens is 291 g/mol. The third-order valence-electron chi connectivity index (χ3n) is 4.05. The van der Waals surface area contributed by atoms with E-state index in [0.29, 0.717) is 0 Å². The van der Waals surface area contributed by atoms with E-state index in [0.717, 1.165) is 29.1 Å². The summed E-state index contributed by atoms with van der Waals surface area (Å²) in [5.41, 5.74) is 3.95. The molecule has 0 amide bonds. The van der Waals surface area contributed by atoms with Crippen LogP contribution in [0.2, 0.25) is 0 Å². The number of aromatic nitrogens is 3. The highest BCUT2D eigenvalue weighted by atomic mass is 19.1. The Bertz CT molecular complexity index is 752. The van der Waals surface area contributed by atoms with Gasteiger partial charge in [0, 0.05) is 29.9 Å². The summed E-state index contributed by atoms with van der Waals surface area (Å²) in [6, 6.07) is 12.6. The van der Waals surface area contributed by atoms with E-state index in [2.05, 4.69) is 34.1 Å². The molecule has 0 radical (unpaired) electrons. The van der Waals surface area contributed by atoms with Crippen LogP contribution < -0.4 is 0 Å². The summed E-state index contributed by atoms with van der Waals surface area (Å²) in [7, 11) is 2.06. The molecule has 3 aromatic rings. The molecule has 0 aliphatic heterocycles. The van der Waals surface area contributed by atoms with Crippen LogP contribution in [0.3, 0.4) is 0 Å². The molecule has 5 heteroatoms. The van der Waals surface area contributed by atoms with E-state index >= 15 is 0 Å². The first-order chi connectivity index (χ1) is 11.1. The zero-order valence-corrected chi connectivity index (χ0v) is 13.2. The first-order valence-electron chi connectivity index (χ1n) is 7.54. The Kier molecular flexibility index (Phi) is 4.48. The quantitative estimate of drug-likeness (QED) is 0.779. The van der Waals surface area contributed by atoms with E-state index in [1.54, 1.807) is 12.1 Å². The largest absolute Gasteiger partial charge is 0.294 e. The molecule has 2 heterocycles. The van der Waals surface area contributed by atoms with Gasteiger partial charge in [-0.05, 0) is 50.4 Å². The SMILES string of the molecule is CC(c1ccccn1)N(C)Cc1cn[nH]c1-c1ccc(F)cc1. The maximum absolute atomic E-state index is 13.1. The van der Waals surface area contributed by atoms with Crippen LogP contribution in [0.4, 0.5) is 4.39 Å². The van der Waals surface area contributed by atoms with Gasteiger partial charge in [0.25, 0.3) is 0 Å². The van der Waals surface area contributed by atoms with E-state index in [4.69, 9.17) is 0 Å². The smallest absolute Gasteiger partial charge is 0.123 e. The second-order valence-electron chi connectivity index (χ2n) is 5.62. The summed E-state index contributed by atoms with van der Waals surface area (Å²) in [5, 5.41) is 7.16. The van der Waals surface area contributed by atoms with Crippen LogP contribution in [0.15, 0.2) is 54.9 Å². The van der Waals surface area contributed by atoms with Gasteiger partial charge < -0.3 is 0 Å². The van der Waals surface area contributed by atoms with E-state index < -0.39 is 0 Å². The highest BCUT2D eigenvalue weighted by Gasteiger charge is 2.16. The minimum atomic E-state index is -0.240. The van der Waals surface area contributed by atoms with Crippen molar-refractivity contribution in [1.82, 2.24) is 20.1 Å². The lowest BCUT2D eigenvalue weighted by atomic mass is 10.1. The number of hydrogen-bond donors (Lipinski definition) is 1. The number of rotatable bonds is 5. The van der Waals surface area contributed by atoms with Gasteiger partial charge in [-0.3, -0.25) is 15.0 Å². The average Bonchev–Trinajstić information content (AvgIpc) is 3.03. The fourth-order valence-electron chi connectivity index (χ4n) is 2.55. The zero-order valence-electron chi connectivity index (χ0n) is 13.2. The van der Waals surface area contributed by atoms with Crippen molar-refractivity contribution in [2.45, 2.75) is 19.5 Å². The van der Waals surface area contributed by atoms with Crippen molar-refractivity contribution in [3.05, 3.63) is 71.9 Å². The molecule has 0 saturated carbocycles. The van der Waals surface area contributed by atoms with Gasteiger partial charge >= 0.3 is 0 Å². The fraction of sp³-hybridized carbons (Fsp3) is 0.222. The predicted octanol–water partition coefficient (Wildman–Crippen LogP) is 3.80. The summed E-state index contributed by atoms with van der Waals surface area (Å²) >= 11 is 0. The highest BCUT2D eigenvalue weighted by molar-refractivity contribution is 5.62. The number of benzene rings is 1. The molecule has 0 aliphatic carbocycles. The van der Waals surface area contributed by atoms with Crippen LogP contribution in [0, 0.1) is 5.82 Å². The Morgan fingerprint density at radius 3 is 2.65 bits per heavy atom. The molecule has 1 unspecified atom stereocenters. The summed E-state index contributed by atoms with van der Waals surface area (Å²) < 4.78 is 13.1. The summed E-state index contributed by atoms with van der Waals surface area (Å²) in [5.74, 6) is -0.240. The minimum absolute atomic E-state index is 0.187. The van der Waals surface area contributed by atoms with Gasteiger partial charge in [0.2, 0.25) is 0 Å². The van der Waals surface area contributed by atoms with Crippen molar-refractivity contribution >= 4 is 0 Å². The topological polar surface area (TPSA) is 44.8 Å². The van der Waals surface area contributed by atoms with Crippen LogP contribution in [0.1, 0.15) is 24.2 Å². The van der Waals surface area contributed by atoms with Gasteiger partial charge in [0.1, 0.15) is 5.82 Å². The molecule has 1 aromatic carbocycles. The number of nitrogens with one attached hydrogen (secondary N) is 1. The second-order valence-corrected chi connectivity index (χ2v) is 5.62. The number of nitrogens with zero attached hydrogens (tertiary/aromatic N) is 3. The first kappa shape index (κ1) is 15.4. The van der Waals surface area contributed by atoms with Crippen LogP contribution in [0.25, 0.3) is 11.3 Å². The maximum Gasteiger partial charge on any atom is 0.123 e. The lowest BCUT2D eigenvalue weighted by Crippen LogP contribution is -2.22. The van der Waals surface area contributed by atoms with Crippen LogP contribution in [-0.2, 0) is 6.54 Å². The van der Waals surface area contributed by atoms with Crippen molar-refractivity contribution in [2.24, 2.45) is 0 Å². The predicted molar refractivity (Wildman–Crippen MR) is 88.1 cm³/mol. The van der Waals surface area contributed by atoms with Gasteiger partial charge in [-0.1, -0.05) is 6.07 Å². The van der Waals surface area contributed by atoms with E-state index in [-0.39, 0.29) is 11.9 Å². The molecule has 1 N–H and O–H groups in total. The van der Waals surface area contributed by atoms with Crippen molar-refractivity contribution in [3.8, 4) is 11.3 Å². The minimum Gasteiger partial charge on any atom is -0.294 e. The Morgan fingerprint density at radius 1 is 1.17 bits per heavy atom. The third-order valence-corrected chi connectivity index (χ3v) is 4.05. The first-order valence-corrected chi connectivity index (χ1v) is 7.54. The number of pyridine rings is 1. The Morgan fingerprint density at radius 2 is 1.96 bits per heavy atom. The van der Waals surface area contributed by atoms with Gasteiger partial charge in [0.15, 0.2) is 0 Å². The van der Waals surface area contributed by atoms with E-state index in [9.17, 15) is 4.39 Å². The van der Waals surface area contributed by atoms with Crippen molar-refractivity contribution in [3.63, 3.8) is 0 Å². The van der Waals surface area contributed by atoms with Crippen molar-refractivity contribution in [2.75, 3.05) is 7.05 Å². The van der Waals surface area contributed by atoms with Gasteiger partial charge in [-0.25, -0.2) is 4.39 Å². The molecule has 0 aliphatic rings. The lowest BCUT2D eigenvalue weighted by molar-refractivity contribution is 0.249. The van der Waals surface area contributed by atoms with E-state index in [1.165, 1.54) is 12.1 Å². The van der Waals surface area contributed by atoms with E-state index in [1.807, 2.05) is 30.6 Å². The Hall–Kier alpha value is -2.53. The standard InChI is InChI=1S/C18H19FN4/c1-13(17-5-3-4-10-20-17)23(2)12-15-11-21-22-18(15)14-6-8-16(19)9-7-14/h3-11,13H,12H2,1-2H3,(H,21,22).